The lowest BCUT2D eigenvalue weighted by Crippen LogP contribution is -2.70. The highest BCUT2D eigenvalue weighted by molar-refractivity contribution is 5.32. The number of ether oxygens (including phenoxy) is 3. The smallest absolute Gasteiger partial charge is 0.134 e. The van der Waals surface area contributed by atoms with Crippen LogP contribution in [0.4, 0.5) is 0 Å². The fourth-order valence-corrected chi connectivity index (χ4v) is 4.19. The number of nitrogens with one attached hydrogen (secondary N) is 1. The molecule has 5 nitrogen and oxygen atoms in total. The van der Waals surface area contributed by atoms with Crippen LogP contribution >= 0.6 is 0 Å². The molecule has 3 saturated heterocycles. The Labute approximate surface area is 130 Å². The average molecular weight is 305 g/mol. The Bertz CT molecular complexity index is 564. The highest BCUT2D eigenvalue weighted by Crippen LogP contribution is 2.62. The van der Waals surface area contributed by atoms with Gasteiger partial charge in [0, 0.05) is 19.4 Å². The summed E-state index contributed by atoms with van der Waals surface area (Å²) in [6.45, 7) is 4.78. The molecule has 1 saturated carbocycles. The molecule has 4 fully saturated rings. The number of aliphatic hydroxyl groups excluding tert-OH is 1. The largest absolute Gasteiger partial charge is 0.494 e. The molecule has 4 aliphatic rings. The highest BCUT2D eigenvalue weighted by Gasteiger charge is 2.77. The first-order chi connectivity index (χ1) is 10.6. The van der Waals surface area contributed by atoms with Gasteiger partial charge in [0.1, 0.15) is 11.4 Å². The van der Waals surface area contributed by atoms with Gasteiger partial charge in [0.05, 0.1) is 37.6 Å². The quantitative estimate of drug-likeness (QED) is 0.828. The van der Waals surface area contributed by atoms with Crippen LogP contribution in [0.25, 0.3) is 0 Å². The zero-order valence-corrected chi connectivity index (χ0v) is 12.9. The van der Waals surface area contributed by atoms with E-state index in [2.05, 4.69) is 17.4 Å². The summed E-state index contributed by atoms with van der Waals surface area (Å²) in [5.74, 6) is 0.905. The van der Waals surface area contributed by atoms with Crippen LogP contribution in [-0.2, 0) is 16.0 Å². The Morgan fingerprint density at radius 3 is 2.77 bits per heavy atom. The molecule has 3 heterocycles. The van der Waals surface area contributed by atoms with Gasteiger partial charge in [-0.3, -0.25) is 0 Å². The number of hydrogen-bond acceptors (Lipinski definition) is 5. The molecule has 3 aliphatic heterocycles. The summed E-state index contributed by atoms with van der Waals surface area (Å²) in [6, 6.07) is 8.17. The lowest BCUT2D eigenvalue weighted by Gasteiger charge is -2.51. The lowest BCUT2D eigenvalue weighted by atomic mass is 9.61. The lowest BCUT2D eigenvalue weighted by molar-refractivity contribution is -0.212. The van der Waals surface area contributed by atoms with Crippen LogP contribution < -0.4 is 10.1 Å². The summed E-state index contributed by atoms with van der Waals surface area (Å²) in [5.41, 5.74) is 0.552. The topological polar surface area (TPSA) is 60.0 Å². The van der Waals surface area contributed by atoms with Crippen LogP contribution in [0.1, 0.15) is 25.3 Å². The number of aliphatic hydroxyl groups is 1. The van der Waals surface area contributed by atoms with Crippen LogP contribution in [0, 0.1) is 0 Å². The maximum atomic E-state index is 9.60. The molecule has 0 atom stereocenters. The second-order valence-corrected chi connectivity index (χ2v) is 6.80. The zero-order valence-electron chi connectivity index (χ0n) is 12.9. The summed E-state index contributed by atoms with van der Waals surface area (Å²) < 4.78 is 17.2. The van der Waals surface area contributed by atoms with Crippen LogP contribution in [0.5, 0.6) is 5.75 Å². The van der Waals surface area contributed by atoms with Crippen molar-refractivity contribution in [2.75, 3.05) is 26.4 Å². The fourth-order valence-electron chi connectivity index (χ4n) is 4.19. The van der Waals surface area contributed by atoms with Crippen LogP contribution in [-0.4, -0.2) is 48.3 Å². The van der Waals surface area contributed by atoms with Gasteiger partial charge < -0.3 is 24.6 Å². The third-order valence-electron chi connectivity index (χ3n) is 5.33. The molecular formula is C17H23NO4. The third-order valence-corrected chi connectivity index (χ3v) is 5.33. The summed E-state index contributed by atoms with van der Waals surface area (Å²) in [4.78, 5) is 0. The molecule has 1 aromatic rings. The SMILES string of the molecule is CCOc1cccc(CNC23CC(CO)(C2)OC32COC2)c1. The van der Waals surface area contributed by atoms with Gasteiger partial charge in [0.15, 0.2) is 0 Å². The molecule has 5 heteroatoms. The molecule has 22 heavy (non-hydrogen) atoms. The Kier molecular flexibility index (Phi) is 3.24. The van der Waals surface area contributed by atoms with Crippen molar-refractivity contribution in [2.24, 2.45) is 0 Å². The highest BCUT2D eigenvalue weighted by atomic mass is 16.6. The van der Waals surface area contributed by atoms with E-state index < -0.39 is 0 Å². The molecular weight excluding hydrogens is 282 g/mol. The van der Waals surface area contributed by atoms with E-state index in [0.717, 1.165) is 25.1 Å². The van der Waals surface area contributed by atoms with E-state index >= 15 is 0 Å². The number of rotatable bonds is 6. The minimum atomic E-state index is -0.343. The minimum absolute atomic E-state index is 0.0599. The summed E-state index contributed by atoms with van der Waals surface area (Å²) in [7, 11) is 0. The average Bonchev–Trinajstić information content (AvgIpc) is 2.92. The van der Waals surface area contributed by atoms with Gasteiger partial charge in [-0.2, -0.15) is 0 Å². The van der Waals surface area contributed by atoms with Gasteiger partial charge in [0.2, 0.25) is 0 Å². The van der Waals surface area contributed by atoms with Gasteiger partial charge in [-0.05, 0) is 24.6 Å². The van der Waals surface area contributed by atoms with Crippen LogP contribution in [0.15, 0.2) is 24.3 Å². The van der Waals surface area contributed by atoms with Crippen molar-refractivity contribution in [1.29, 1.82) is 0 Å². The first kappa shape index (κ1) is 14.5. The molecule has 1 aromatic carbocycles. The van der Waals surface area contributed by atoms with Gasteiger partial charge >= 0.3 is 0 Å². The molecule has 1 aliphatic carbocycles. The standard InChI is InChI=1S/C17H23NO4/c1-2-21-14-5-3-4-13(6-14)7-18-16-8-15(9-16,10-19)22-17(16)11-20-12-17/h3-6,18-19H,2,7-12H2,1H3. The van der Waals surface area contributed by atoms with Crippen LogP contribution in [0.3, 0.4) is 0 Å². The Hall–Kier alpha value is -1.14. The molecule has 0 amide bonds. The molecule has 5 rings (SSSR count). The Morgan fingerprint density at radius 2 is 2.14 bits per heavy atom. The Morgan fingerprint density at radius 1 is 1.32 bits per heavy atom. The van der Waals surface area contributed by atoms with Crippen molar-refractivity contribution in [1.82, 2.24) is 5.32 Å². The maximum Gasteiger partial charge on any atom is 0.134 e. The van der Waals surface area contributed by atoms with Crippen molar-refractivity contribution in [2.45, 2.75) is 43.1 Å². The summed E-state index contributed by atoms with van der Waals surface area (Å²) >= 11 is 0. The molecule has 120 valence electrons. The maximum absolute atomic E-state index is 9.60. The predicted molar refractivity (Wildman–Crippen MR) is 80.9 cm³/mol. The molecule has 0 radical (unpaired) electrons. The first-order valence-corrected chi connectivity index (χ1v) is 8.01. The Balaban J connectivity index is 1.47. The monoisotopic (exact) mass is 305 g/mol. The van der Waals surface area contributed by atoms with Crippen molar-refractivity contribution in [3.8, 4) is 5.75 Å². The van der Waals surface area contributed by atoms with Crippen molar-refractivity contribution in [3.05, 3.63) is 29.8 Å². The molecule has 0 aromatic heterocycles. The normalized spacial score (nSPS) is 34.3. The van der Waals surface area contributed by atoms with Crippen molar-refractivity contribution in [3.63, 3.8) is 0 Å². The van der Waals surface area contributed by atoms with E-state index in [-0.39, 0.29) is 23.3 Å². The minimum Gasteiger partial charge on any atom is -0.494 e. The van der Waals surface area contributed by atoms with E-state index in [4.69, 9.17) is 14.2 Å². The first-order valence-electron chi connectivity index (χ1n) is 8.01. The second kappa shape index (κ2) is 4.93. The van der Waals surface area contributed by atoms with E-state index in [1.54, 1.807) is 0 Å². The van der Waals surface area contributed by atoms with E-state index in [9.17, 15) is 5.11 Å². The second-order valence-electron chi connectivity index (χ2n) is 6.80. The number of hydrogen-bond donors (Lipinski definition) is 2. The summed E-state index contributed by atoms with van der Waals surface area (Å²) in [6.07, 6.45) is 1.73. The fraction of sp³-hybridized carbons (Fsp3) is 0.647. The van der Waals surface area contributed by atoms with E-state index in [1.807, 2.05) is 19.1 Å². The number of benzene rings is 1. The molecule has 1 spiro atoms. The van der Waals surface area contributed by atoms with Crippen molar-refractivity contribution >= 4 is 0 Å². The van der Waals surface area contributed by atoms with Crippen LogP contribution in [0.2, 0.25) is 0 Å². The van der Waals surface area contributed by atoms with Gasteiger partial charge in [-0.15, -0.1) is 0 Å². The molecule has 0 unspecified atom stereocenters. The van der Waals surface area contributed by atoms with Gasteiger partial charge in [0.25, 0.3) is 0 Å². The summed E-state index contributed by atoms with van der Waals surface area (Å²) in [5, 5.41) is 13.3. The van der Waals surface area contributed by atoms with Gasteiger partial charge in [-0.1, -0.05) is 12.1 Å². The van der Waals surface area contributed by atoms with E-state index in [0.29, 0.717) is 19.8 Å². The van der Waals surface area contributed by atoms with Gasteiger partial charge in [-0.25, -0.2) is 0 Å². The van der Waals surface area contributed by atoms with E-state index in [1.165, 1.54) is 5.56 Å². The zero-order chi connectivity index (χ0) is 15.3. The third kappa shape index (κ3) is 1.93. The van der Waals surface area contributed by atoms with Crippen molar-refractivity contribution < 1.29 is 19.3 Å². The molecule has 2 bridgehead atoms. The predicted octanol–water partition coefficient (Wildman–Crippen LogP) is 1.24. The molecule has 2 N–H and O–H groups in total.